The fourth-order valence-electron chi connectivity index (χ4n) is 0.535. The van der Waals surface area contributed by atoms with Crippen LogP contribution in [-0.2, 0) is 4.74 Å². The van der Waals surface area contributed by atoms with Crippen LogP contribution in [0.5, 0.6) is 0 Å². The summed E-state index contributed by atoms with van der Waals surface area (Å²) in [6.45, 7) is -1.41. The molecule has 0 saturated heterocycles. The van der Waals surface area contributed by atoms with Gasteiger partial charge in [0.05, 0.1) is 6.61 Å². The molecule has 88 valence electrons. The number of aliphatic imine (C=N–C) groups is 1. The molecule has 0 rings (SSSR count). The SMILES string of the molecule is N=C(N=C(N)N)SCCOCC(F)(F)F. The van der Waals surface area contributed by atoms with Gasteiger partial charge >= 0.3 is 6.18 Å². The van der Waals surface area contributed by atoms with Crippen molar-refractivity contribution < 1.29 is 17.9 Å². The summed E-state index contributed by atoms with van der Waals surface area (Å²) in [5, 5.41) is 6.95. The maximum atomic E-state index is 11.6. The Hall–Kier alpha value is -0.960. The third kappa shape index (κ3) is 11.0. The number of nitrogens with two attached hydrogens (primary N) is 2. The van der Waals surface area contributed by atoms with Gasteiger partial charge in [-0.3, -0.25) is 5.41 Å². The van der Waals surface area contributed by atoms with Crippen LogP contribution in [-0.4, -0.2) is 36.3 Å². The number of nitrogens with one attached hydrogen (secondary N) is 1. The number of ether oxygens (including phenoxy) is 1. The smallest absolute Gasteiger partial charge is 0.371 e. The molecular formula is C6H11F3N4OS. The van der Waals surface area contributed by atoms with Gasteiger partial charge < -0.3 is 16.2 Å². The van der Waals surface area contributed by atoms with Crippen molar-refractivity contribution in [2.45, 2.75) is 6.18 Å². The summed E-state index contributed by atoms with van der Waals surface area (Å²) in [5.41, 5.74) is 9.95. The van der Waals surface area contributed by atoms with Crippen molar-refractivity contribution in [3.05, 3.63) is 0 Å². The quantitative estimate of drug-likeness (QED) is 0.381. The number of alkyl halides is 3. The molecule has 5 nitrogen and oxygen atoms in total. The van der Waals surface area contributed by atoms with Gasteiger partial charge in [-0.2, -0.15) is 18.2 Å². The van der Waals surface area contributed by atoms with Crippen molar-refractivity contribution >= 4 is 22.9 Å². The predicted octanol–water partition coefficient (Wildman–Crippen LogP) is 0.507. The predicted molar refractivity (Wildman–Crippen MR) is 52.9 cm³/mol. The zero-order chi connectivity index (χ0) is 11.9. The first-order valence-corrected chi connectivity index (χ1v) is 4.75. The summed E-state index contributed by atoms with van der Waals surface area (Å²) in [4.78, 5) is 3.36. The number of thioether (sulfide) groups is 1. The van der Waals surface area contributed by atoms with E-state index in [1.165, 1.54) is 0 Å². The molecule has 0 atom stereocenters. The van der Waals surface area contributed by atoms with E-state index in [1.807, 2.05) is 0 Å². The highest BCUT2D eigenvalue weighted by atomic mass is 32.2. The van der Waals surface area contributed by atoms with E-state index >= 15 is 0 Å². The maximum Gasteiger partial charge on any atom is 0.411 e. The molecule has 0 unspecified atom stereocenters. The van der Waals surface area contributed by atoms with Crippen molar-refractivity contribution in [2.75, 3.05) is 19.0 Å². The first-order valence-electron chi connectivity index (χ1n) is 3.77. The maximum absolute atomic E-state index is 11.6. The Morgan fingerprint density at radius 2 is 2.00 bits per heavy atom. The van der Waals surface area contributed by atoms with Gasteiger partial charge in [-0.15, -0.1) is 0 Å². The Balaban J connectivity index is 3.48. The van der Waals surface area contributed by atoms with Crippen molar-refractivity contribution in [1.29, 1.82) is 5.41 Å². The average molecular weight is 244 g/mol. The lowest BCUT2D eigenvalue weighted by Gasteiger charge is -2.06. The Morgan fingerprint density at radius 3 is 2.47 bits per heavy atom. The zero-order valence-corrected chi connectivity index (χ0v) is 8.49. The summed E-state index contributed by atoms with van der Waals surface area (Å²) < 4.78 is 39.1. The molecule has 15 heavy (non-hydrogen) atoms. The summed E-state index contributed by atoms with van der Waals surface area (Å²) in [7, 11) is 0. The summed E-state index contributed by atoms with van der Waals surface area (Å²) in [6, 6.07) is 0. The lowest BCUT2D eigenvalue weighted by Crippen LogP contribution is -2.23. The third-order valence-corrected chi connectivity index (χ3v) is 1.70. The Bertz CT molecular complexity index is 239. The number of hydrogen-bond acceptors (Lipinski definition) is 3. The van der Waals surface area contributed by atoms with Gasteiger partial charge in [0.25, 0.3) is 0 Å². The molecule has 0 aromatic carbocycles. The van der Waals surface area contributed by atoms with E-state index in [1.54, 1.807) is 0 Å². The van der Waals surface area contributed by atoms with E-state index in [4.69, 9.17) is 16.9 Å². The molecule has 9 heteroatoms. The van der Waals surface area contributed by atoms with Crippen LogP contribution in [0.1, 0.15) is 0 Å². The first kappa shape index (κ1) is 14.0. The van der Waals surface area contributed by atoms with Gasteiger partial charge in [0.1, 0.15) is 6.61 Å². The summed E-state index contributed by atoms with van der Waals surface area (Å²) >= 11 is 0.899. The van der Waals surface area contributed by atoms with Gasteiger partial charge in [-0.25, -0.2) is 0 Å². The molecule has 0 radical (unpaired) electrons. The average Bonchev–Trinajstić information content (AvgIpc) is 1.99. The number of rotatable bonds is 4. The zero-order valence-electron chi connectivity index (χ0n) is 7.67. The lowest BCUT2D eigenvalue weighted by molar-refractivity contribution is -0.172. The van der Waals surface area contributed by atoms with Gasteiger partial charge in [0.15, 0.2) is 11.1 Å². The molecule has 0 aliphatic rings. The van der Waals surface area contributed by atoms with Crippen LogP contribution in [0.25, 0.3) is 0 Å². The van der Waals surface area contributed by atoms with Crippen LogP contribution in [0.3, 0.4) is 0 Å². The number of halogens is 3. The van der Waals surface area contributed by atoms with Crippen molar-refractivity contribution in [1.82, 2.24) is 0 Å². The Labute approximate surface area is 88.6 Å². The van der Waals surface area contributed by atoms with Gasteiger partial charge in [-0.1, -0.05) is 11.8 Å². The van der Waals surface area contributed by atoms with Crippen LogP contribution < -0.4 is 11.5 Å². The minimum atomic E-state index is -4.32. The number of nitrogens with zero attached hydrogens (tertiary/aromatic N) is 1. The van der Waals surface area contributed by atoms with Crippen molar-refractivity contribution in [3.8, 4) is 0 Å². The number of hydrogen-bond donors (Lipinski definition) is 3. The summed E-state index contributed by atoms with van der Waals surface area (Å²) in [5.74, 6) is -0.0743. The molecule has 0 aromatic heterocycles. The molecule has 0 fully saturated rings. The fraction of sp³-hybridized carbons (Fsp3) is 0.667. The summed E-state index contributed by atoms with van der Waals surface area (Å²) in [6.07, 6.45) is -4.32. The molecule has 0 saturated carbocycles. The van der Waals surface area contributed by atoms with E-state index in [0.29, 0.717) is 0 Å². The standard InChI is InChI=1S/C6H11F3N4OS/c7-6(8,9)3-14-1-2-15-5(12)13-4(10)11/h1-3H2,(H5,10,11,12,13). The molecular weight excluding hydrogens is 233 g/mol. The van der Waals surface area contributed by atoms with Crippen LogP contribution in [0.15, 0.2) is 4.99 Å². The second-order valence-electron chi connectivity index (χ2n) is 2.36. The molecule has 0 amide bonds. The molecule has 0 aliphatic heterocycles. The lowest BCUT2D eigenvalue weighted by atomic mass is 10.7. The van der Waals surface area contributed by atoms with Gasteiger partial charge in [0, 0.05) is 5.75 Å². The van der Waals surface area contributed by atoms with Crippen molar-refractivity contribution in [3.63, 3.8) is 0 Å². The van der Waals surface area contributed by atoms with Crippen molar-refractivity contribution in [2.24, 2.45) is 16.5 Å². The van der Waals surface area contributed by atoms with E-state index in [2.05, 4.69) is 9.73 Å². The Morgan fingerprint density at radius 1 is 1.40 bits per heavy atom. The topological polar surface area (TPSA) is 97.5 Å². The van der Waals surface area contributed by atoms with Crippen LogP contribution in [0, 0.1) is 5.41 Å². The number of amidine groups is 1. The highest BCUT2D eigenvalue weighted by molar-refractivity contribution is 8.13. The van der Waals surface area contributed by atoms with Crippen LogP contribution in [0.4, 0.5) is 13.2 Å². The molecule has 0 spiro atoms. The van der Waals surface area contributed by atoms with E-state index in [-0.39, 0.29) is 23.5 Å². The first-order chi connectivity index (χ1) is 6.81. The van der Waals surface area contributed by atoms with Gasteiger partial charge in [-0.05, 0) is 0 Å². The minimum Gasteiger partial charge on any atom is -0.371 e. The van der Waals surface area contributed by atoms with E-state index in [9.17, 15) is 13.2 Å². The van der Waals surface area contributed by atoms with E-state index < -0.39 is 12.8 Å². The Kier molecular flexibility index (Phi) is 6.09. The normalized spacial score (nSPS) is 11.1. The van der Waals surface area contributed by atoms with E-state index in [0.717, 1.165) is 11.8 Å². The third-order valence-electron chi connectivity index (χ3n) is 0.963. The number of guanidine groups is 1. The second kappa shape index (κ2) is 6.51. The largest absolute Gasteiger partial charge is 0.411 e. The molecule has 0 heterocycles. The molecule has 0 aromatic rings. The molecule has 5 N–H and O–H groups in total. The second-order valence-corrected chi connectivity index (χ2v) is 3.44. The fourth-order valence-corrected chi connectivity index (χ4v) is 1.10. The highest BCUT2D eigenvalue weighted by Crippen LogP contribution is 2.14. The van der Waals surface area contributed by atoms with Crippen LogP contribution in [0.2, 0.25) is 0 Å². The minimum absolute atomic E-state index is 0.118. The monoisotopic (exact) mass is 244 g/mol. The highest BCUT2D eigenvalue weighted by Gasteiger charge is 2.27. The molecule has 0 bridgehead atoms. The van der Waals surface area contributed by atoms with Crippen LogP contribution >= 0.6 is 11.8 Å². The van der Waals surface area contributed by atoms with Gasteiger partial charge in [0.2, 0.25) is 0 Å². The molecule has 0 aliphatic carbocycles.